The molecule has 0 radical (unpaired) electrons. The first-order valence-electron chi connectivity index (χ1n) is 4.25. The summed E-state index contributed by atoms with van der Waals surface area (Å²) < 4.78 is 4.58. The van der Waals surface area contributed by atoms with Crippen LogP contribution in [0.4, 0.5) is 0 Å². The Balaban J connectivity index is 2.48. The average molecular weight is 202 g/mol. The predicted molar refractivity (Wildman–Crippen MR) is 53.4 cm³/mol. The number of methoxy groups -OCH3 is 1. The van der Waals surface area contributed by atoms with E-state index in [1.54, 1.807) is 0 Å². The molecule has 0 aromatic rings. The highest BCUT2D eigenvalue weighted by molar-refractivity contribution is 7.80. The Labute approximate surface area is 83.0 Å². The van der Waals surface area contributed by atoms with Gasteiger partial charge in [-0.25, -0.2) is 0 Å². The smallest absolute Gasteiger partial charge is 0.319 e. The maximum absolute atomic E-state index is 11.0. The van der Waals surface area contributed by atoms with Crippen LogP contribution in [0.2, 0.25) is 0 Å². The van der Waals surface area contributed by atoms with Crippen molar-refractivity contribution in [2.45, 2.75) is 18.9 Å². The van der Waals surface area contributed by atoms with Gasteiger partial charge < -0.3 is 10.5 Å². The van der Waals surface area contributed by atoms with Gasteiger partial charge in [0.25, 0.3) is 0 Å². The summed E-state index contributed by atoms with van der Waals surface area (Å²) in [6.45, 7) is 1.16. The first-order valence-corrected chi connectivity index (χ1v) is 4.66. The van der Waals surface area contributed by atoms with Gasteiger partial charge in [-0.2, -0.15) is 0 Å². The monoisotopic (exact) mass is 202 g/mol. The molecule has 1 rings (SSSR count). The van der Waals surface area contributed by atoms with Crippen LogP contribution in [0.1, 0.15) is 12.8 Å². The molecule has 5 heteroatoms. The molecular formula is C8H14N2O2S. The van der Waals surface area contributed by atoms with Gasteiger partial charge in [0.2, 0.25) is 0 Å². The summed E-state index contributed by atoms with van der Waals surface area (Å²) in [5, 5.41) is 0. The molecule has 0 bridgehead atoms. The fourth-order valence-electron chi connectivity index (χ4n) is 1.57. The van der Waals surface area contributed by atoms with Gasteiger partial charge in [0.1, 0.15) is 0 Å². The minimum absolute atomic E-state index is 0.0779. The summed E-state index contributed by atoms with van der Waals surface area (Å²) >= 11 is 4.91. The van der Waals surface area contributed by atoms with Crippen LogP contribution >= 0.6 is 12.2 Å². The molecule has 1 heterocycles. The van der Waals surface area contributed by atoms with Gasteiger partial charge in [-0.15, -0.1) is 0 Å². The number of hydrogen-bond acceptors (Lipinski definition) is 4. The highest BCUT2D eigenvalue weighted by Gasteiger charge is 2.28. The van der Waals surface area contributed by atoms with Gasteiger partial charge in [0.15, 0.2) is 0 Å². The quantitative estimate of drug-likeness (QED) is 0.512. The fourth-order valence-corrected chi connectivity index (χ4v) is 1.83. The molecule has 74 valence electrons. The molecule has 1 saturated heterocycles. The number of rotatable bonds is 3. The van der Waals surface area contributed by atoms with E-state index in [0.717, 1.165) is 19.4 Å². The lowest BCUT2D eigenvalue weighted by atomic mass is 10.2. The number of likely N-dealkylation sites (tertiary alicyclic amines) is 1. The maximum Gasteiger partial charge on any atom is 0.319 e. The SMILES string of the molecule is COC(=O)CN1CCCC1C(N)=S. The number of esters is 1. The molecule has 1 atom stereocenters. The van der Waals surface area contributed by atoms with Crippen LogP contribution in [-0.4, -0.2) is 42.1 Å². The molecule has 0 aromatic heterocycles. The van der Waals surface area contributed by atoms with E-state index in [9.17, 15) is 4.79 Å². The zero-order valence-corrected chi connectivity index (χ0v) is 8.47. The van der Waals surface area contributed by atoms with Crippen molar-refractivity contribution < 1.29 is 9.53 Å². The molecule has 2 N–H and O–H groups in total. The van der Waals surface area contributed by atoms with Crippen LogP contribution in [-0.2, 0) is 9.53 Å². The third-order valence-electron chi connectivity index (χ3n) is 2.25. The number of thiocarbonyl (C=S) groups is 1. The molecule has 0 amide bonds. The minimum Gasteiger partial charge on any atom is -0.468 e. The molecule has 0 saturated carbocycles. The summed E-state index contributed by atoms with van der Waals surface area (Å²) in [6.07, 6.45) is 1.99. The Morgan fingerprint density at radius 2 is 2.46 bits per heavy atom. The average Bonchev–Trinajstić information content (AvgIpc) is 2.52. The lowest BCUT2D eigenvalue weighted by Crippen LogP contribution is -2.42. The predicted octanol–water partition coefficient (Wildman–Crippen LogP) is -0.0901. The highest BCUT2D eigenvalue weighted by atomic mass is 32.1. The van der Waals surface area contributed by atoms with Crippen LogP contribution < -0.4 is 5.73 Å². The molecule has 4 nitrogen and oxygen atoms in total. The third-order valence-corrected chi connectivity index (χ3v) is 2.52. The van der Waals surface area contributed by atoms with E-state index in [1.807, 2.05) is 4.90 Å². The van der Waals surface area contributed by atoms with Gasteiger partial charge in [0, 0.05) is 0 Å². The van der Waals surface area contributed by atoms with Crippen molar-refractivity contribution in [3.8, 4) is 0 Å². The van der Waals surface area contributed by atoms with Crippen molar-refractivity contribution in [2.24, 2.45) is 5.73 Å². The van der Waals surface area contributed by atoms with E-state index in [-0.39, 0.29) is 12.0 Å². The van der Waals surface area contributed by atoms with E-state index in [2.05, 4.69) is 4.74 Å². The lowest BCUT2D eigenvalue weighted by molar-refractivity contribution is -0.141. The van der Waals surface area contributed by atoms with Crippen LogP contribution in [0.25, 0.3) is 0 Å². The molecule has 0 aromatic carbocycles. The van der Waals surface area contributed by atoms with Crippen LogP contribution in [0, 0.1) is 0 Å². The largest absolute Gasteiger partial charge is 0.468 e. The van der Waals surface area contributed by atoms with E-state index in [4.69, 9.17) is 18.0 Å². The number of nitrogens with two attached hydrogens (primary N) is 1. The minimum atomic E-state index is -0.233. The van der Waals surface area contributed by atoms with Gasteiger partial charge in [-0.3, -0.25) is 9.69 Å². The molecule has 1 aliphatic heterocycles. The standard InChI is InChI=1S/C8H14N2O2S/c1-12-7(11)5-10-4-2-3-6(10)8(9)13/h6H,2-5H2,1H3,(H2,9,13). The second-order valence-electron chi connectivity index (χ2n) is 3.11. The molecule has 1 fully saturated rings. The lowest BCUT2D eigenvalue weighted by Gasteiger charge is -2.21. The molecule has 0 spiro atoms. The molecule has 1 unspecified atom stereocenters. The molecular weight excluding hydrogens is 188 g/mol. The fraction of sp³-hybridized carbons (Fsp3) is 0.750. The second-order valence-corrected chi connectivity index (χ2v) is 3.58. The van der Waals surface area contributed by atoms with E-state index >= 15 is 0 Å². The third kappa shape index (κ3) is 2.63. The number of hydrogen-bond donors (Lipinski definition) is 1. The first-order chi connectivity index (χ1) is 6.15. The van der Waals surface area contributed by atoms with Gasteiger partial charge >= 0.3 is 5.97 Å². The normalized spacial score (nSPS) is 23.0. The number of carbonyl (C=O) groups excluding carboxylic acids is 1. The zero-order valence-electron chi connectivity index (χ0n) is 7.66. The summed E-state index contributed by atoms with van der Waals surface area (Å²) in [6, 6.07) is 0.0779. The topological polar surface area (TPSA) is 55.6 Å². The van der Waals surface area contributed by atoms with Crippen molar-refractivity contribution in [3.05, 3.63) is 0 Å². The van der Waals surface area contributed by atoms with E-state index in [0.29, 0.717) is 11.5 Å². The second kappa shape index (κ2) is 4.53. The summed E-state index contributed by atoms with van der Waals surface area (Å²) in [4.78, 5) is 13.4. The van der Waals surface area contributed by atoms with Gasteiger partial charge in [0.05, 0.1) is 24.7 Å². The zero-order chi connectivity index (χ0) is 9.84. The number of carbonyl (C=O) groups is 1. The first kappa shape index (κ1) is 10.4. The van der Waals surface area contributed by atoms with Crippen molar-refractivity contribution in [1.29, 1.82) is 0 Å². The summed E-state index contributed by atoms with van der Waals surface area (Å²) in [5.41, 5.74) is 5.54. The van der Waals surface area contributed by atoms with E-state index in [1.165, 1.54) is 7.11 Å². The van der Waals surface area contributed by atoms with E-state index < -0.39 is 0 Å². The molecule has 0 aliphatic carbocycles. The summed E-state index contributed by atoms with van der Waals surface area (Å²) in [7, 11) is 1.38. The Morgan fingerprint density at radius 3 is 3.00 bits per heavy atom. The van der Waals surface area contributed by atoms with Gasteiger partial charge in [-0.05, 0) is 19.4 Å². The van der Waals surface area contributed by atoms with Crippen LogP contribution in [0.3, 0.4) is 0 Å². The molecule has 13 heavy (non-hydrogen) atoms. The van der Waals surface area contributed by atoms with Crippen LogP contribution in [0.5, 0.6) is 0 Å². The van der Waals surface area contributed by atoms with Crippen molar-refractivity contribution >= 4 is 23.2 Å². The van der Waals surface area contributed by atoms with Crippen molar-refractivity contribution in [3.63, 3.8) is 0 Å². The Morgan fingerprint density at radius 1 is 1.77 bits per heavy atom. The Bertz CT molecular complexity index is 220. The maximum atomic E-state index is 11.0. The Hall–Kier alpha value is -0.680. The van der Waals surface area contributed by atoms with Crippen molar-refractivity contribution in [1.82, 2.24) is 4.90 Å². The van der Waals surface area contributed by atoms with Gasteiger partial charge in [-0.1, -0.05) is 12.2 Å². The molecule has 1 aliphatic rings. The Kier molecular flexibility index (Phi) is 3.62. The van der Waals surface area contributed by atoms with Crippen molar-refractivity contribution in [2.75, 3.05) is 20.2 Å². The number of ether oxygens (including phenoxy) is 1. The summed E-state index contributed by atoms with van der Waals surface area (Å²) in [5.74, 6) is -0.233. The van der Waals surface area contributed by atoms with Crippen LogP contribution in [0.15, 0.2) is 0 Å². The highest BCUT2D eigenvalue weighted by Crippen LogP contribution is 2.16. The number of nitrogens with zero attached hydrogens (tertiary/aromatic N) is 1.